The third-order valence-electron chi connectivity index (χ3n) is 7.38. The van der Waals surface area contributed by atoms with Crippen LogP contribution in [0.1, 0.15) is 38.6 Å². The van der Waals surface area contributed by atoms with Gasteiger partial charge in [-0.3, -0.25) is 4.90 Å². The Morgan fingerprint density at radius 1 is 0.927 bits per heavy atom. The van der Waals surface area contributed by atoms with Gasteiger partial charge >= 0.3 is 0 Å². The second-order valence-electron chi connectivity index (χ2n) is 10.1. The largest absolute Gasteiger partial charge is 0.497 e. The third kappa shape index (κ3) is 6.61. The number of piperazine rings is 1. The van der Waals surface area contributed by atoms with Gasteiger partial charge in [-0.1, -0.05) is 31.5 Å². The van der Waals surface area contributed by atoms with Crippen molar-refractivity contribution >= 4 is 32.4 Å². The lowest BCUT2D eigenvalue weighted by atomic mass is 10.2. The number of aromatic nitrogens is 2. The van der Waals surface area contributed by atoms with E-state index in [0.717, 1.165) is 35.2 Å². The van der Waals surface area contributed by atoms with E-state index in [4.69, 9.17) is 19.4 Å². The fourth-order valence-electron chi connectivity index (χ4n) is 4.90. The predicted octanol–water partition coefficient (Wildman–Crippen LogP) is 5.63. The number of rotatable bonds is 11. The number of hydrogen-bond acceptors (Lipinski definition) is 8. The Kier molecular flexibility index (Phi) is 9.02. The van der Waals surface area contributed by atoms with E-state index in [2.05, 4.69) is 24.1 Å². The maximum Gasteiger partial charge on any atom is 0.243 e. The molecular weight excluding hydrogens is 538 g/mol. The van der Waals surface area contributed by atoms with Crippen LogP contribution in [-0.2, 0) is 10.0 Å². The minimum absolute atomic E-state index is 0.102. The molecular formula is C31H37N5O4S. The van der Waals surface area contributed by atoms with E-state index >= 15 is 0 Å². The van der Waals surface area contributed by atoms with Crippen molar-refractivity contribution in [3.63, 3.8) is 0 Å². The van der Waals surface area contributed by atoms with E-state index in [9.17, 15) is 8.42 Å². The maximum atomic E-state index is 13.3. The minimum Gasteiger partial charge on any atom is -0.497 e. The number of benzene rings is 3. The first-order chi connectivity index (χ1) is 19.9. The first-order valence-corrected chi connectivity index (χ1v) is 15.5. The number of ether oxygens (including phenoxy) is 2. The van der Waals surface area contributed by atoms with E-state index < -0.39 is 10.0 Å². The van der Waals surface area contributed by atoms with Crippen LogP contribution in [0.2, 0.25) is 0 Å². The van der Waals surface area contributed by atoms with Crippen molar-refractivity contribution in [2.24, 2.45) is 0 Å². The van der Waals surface area contributed by atoms with Crippen molar-refractivity contribution in [2.45, 2.75) is 37.6 Å². The zero-order chi connectivity index (χ0) is 28.8. The van der Waals surface area contributed by atoms with Gasteiger partial charge in [0.05, 0.1) is 30.2 Å². The fourth-order valence-corrected chi connectivity index (χ4v) is 6.32. The van der Waals surface area contributed by atoms with Crippen LogP contribution >= 0.6 is 0 Å². The smallest absolute Gasteiger partial charge is 0.243 e. The number of para-hydroxylation sites is 1. The molecule has 9 nitrogen and oxygen atoms in total. The lowest BCUT2D eigenvalue weighted by molar-refractivity contribution is 0.141. The second-order valence-corrected chi connectivity index (χ2v) is 12.0. The molecule has 0 amide bonds. The molecule has 1 aliphatic rings. The van der Waals surface area contributed by atoms with Crippen molar-refractivity contribution in [1.29, 1.82) is 0 Å². The van der Waals surface area contributed by atoms with E-state index in [1.54, 1.807) is 35.7 Å². The van der Waals surface area contributed by atoms with E-state index in [0.29, 0.717) is 50.2 Å². The molecule has 0 unspecified atom stereocenters. The van der Waals surface area contributed by atoms with Crippen molar-refractivity contribution in [2.75, 3.05) is 45.2 Å². The van der Waals surface area contributed by atoms with Crippen LogP contribution in [0.5, 0.6) is 11.5 Å². The zero-order valence-electron chi connectivity index (χ0n) is 23.8. The molecule has 41 heavy (non-hydrogen) atoms. The zero-order valence-corrected chi connectivity index (χ0v) is 24.6. The van der Waals surface area contributed by atoms with E-state index in [-0.39, 0.29) is 10.9 Å². The van der Waals surface area contributed by atoms with Crippen LogP contribution in [0.4, 0.5) is 11.5 Å². The molecule has 1 fully saturated rings. The van der Waals surface area contributed by atoms with Crippen LogP contribution in [0.15, 0.2) is 77.7 Å². The Morgan fingerprint density at radius 3 is 2.41 bits per heavy atom. The Bertz CT molecular complexity index is 1570. The van der Waals surface area contributed by atoms with Gasteiger partial charge in [-0.05, 0) is 61.9 Å². The molecule has 1 aliphatic heterocycles. The summed E-state index contributed by atoms with van der Waals surface area (Å²) in [6.07, 6.45) is 2.01. The van der Waals surface area contributed by atoms with Crippen molar-refractivity contribution < 1.29 is 17.9 Å². The summed E-state index contributed by atoms with van der Waals surface area (Å²) in [6.45, 7) is 6.74. The van der Waals surface area contributed by atoms with Crippen LogP contribution in [0.25, 0.3) is 10.9 Å². The fraction of sp³-hybridized carbons (Fsp3) is 0.355. The van der Waals surface area contributed by atoms with Crippen LogP contribution in [0, 0.1) is 0 Å². The molecule has 1 saturated heterocycles. The summed E-state index contributed by atoms with van der Waals surface area (Å²) in [5.41, 5.74) is 1.71. The van der Waals surface area contributed by atoms with Gasteiger partial charge < -0.3 is 14.8 Å². The molecule has 1 aromatic heterocycles. The third-order valence-corrected chi connectivity index (χ3v) is 9.29. The molecule has 1 atom stereocenters. The Hall–Kier alpha value is -3.73. The van der Waals surface area contributed by atoms with Crippen LogP contribution < -0.4 is 14.8 Å². The molecule has 2 heterocycles. The summed E-state index contributed by atoms with van der Waals surface area (Å²) in [5, 5.41) is 4.36. The van der Waals surface area contributed by atoms with Gasteiger partial charge in [-0.25, -0.2) is 18.4 Å². The average molecular weight is 576 g/mol. The predicted molar refractivity (Wildman–Crippen MR) is 161 cm³/mol. The van der Waals surface area contributed by atoms with Gasteiger partial charge in [-0.2, -0.15) is 4.31 Å². The second kappa shape index (κ2) is 12.8. The van der Waals surface area contributed by atoms with Gasteiger partial charge in [-0.15, -0.1) is 0 Å². The summed E-state index contributed by atoms with van der Waals surface area (Å²) in [5.74, 6) is 2.84. The Labute approximate surface area is 242 Å². The standard InChI is InChI=1S/C31H37N5O4S/c1-4-5-21-40-25-13-15-27(16-14-25)41(37,38)36-19-17-35(18-20-36)23(2)30-33-29-12-7-6-11-28(29)31(34-30)32-24-9-8-10-26(22-24)39-3/h6-16,22-23H,4-5,17-21H2,1-3H3,(H,32,33,34)/t23-/m0/s1. The molecule has 1 N–H and O–H groups in total. The van der Waals surface area contributed by atoms with Crippen molar-refractivity contribution in [1.82, 2.24) is 19.2 Å². The number of unbranched alkanes of at least 4 members (excludes halogenated alkanes) is 1. The molecule has 4 aromatic rings. The number of nitrogens with zero attached hydrogens (tertiary/aromatic N) is 4. The highest BCUT2D eigenvalue weighted by Crippen LogP contribution is 2.29. The number of hydrogen-bond donors (Lipinski definition) is 1. The topological polar surface area (TPSA) is 96.9 Å². The first-order valence-electron chi connectivity index (χ1n) is 14.0. The highest BCUT2D eigenvalue weighted by molar-refractivity contribution is 7.89. The maximum absolute atomic E-state index is 13.3. The average Bonchev–Trinajstić information content (AvgIpc) is 3.01. The summed E-state index contributed by atoms with van der Waals surface area (Å²) in [7, 11) is -1.95. The molecule has 0 saturated carbocycles. The minimum atomic E-state index is -3.59. The highest BCUT2D eigenvalue weighted by Gasteiger charge is 2.31. The molecule has 0 radical (unpaired) electrons. The molecule has 0 aliphatic carbocycles. The molecule has 10 heteroatoms. The lowest BCUT2D eigenvalue weighted by Crippen LogP contribution is -2.49. The summed E-state index contributed by atoms with van der Waals surface area (Å²) in [6, 6.07) is 22.3. The van der Waals surface area contributed by atoms with E-state index in [1.165, 1.54) is 0 Å². The van der Waals surface area contributed by atoms with Gasteiger partial charge in [0.1, 0.15) is 23.1 Å². The summed E-state index contributed by atoms with van der Waals surface area (Å²) >= 11 is 0. The molecule has 216 valence electrons. The number of methoxy groups -OCH3 is 1. The molecule has 5 rings (SSSR count). The van der Waals surface area contributed by atoms with Gasteiger partial charge in [0.25, 0.3) is 0 Å². The highest BCUT2D eigenvalue weighted by atomic mass is 32.2. The number of fused-ring (bicyclic) bond motifs is 1. The van der Waals surface area contributed by atoms with Gasteiger partial charge in [0.2, 0.25) is 10.0 Å². The number of anilines is 2. The van der Waals surface area contributed by atoms with E-state index in [1.807, 2.05) is 48.5 Å². The molecule has 0 bridgehead atoms. The molecule has 0 spiro atoms. The number of nitrogens with one attached hydrogen (secondary N) is 1. The van der Waals surface area contributed by atoms with Crippen molar-refractivity contribution in [3.05, 3.63) is 78.6 Å². The van der Waals surface area contributed by atoms with Crippen LogP contribution in [0.3, 0.4) is 0 Å². The van der Waals surface area contributed by atoms with Gasteiger partial charge in [0.15, 0.2) is 0 Å². The van der Waals surface area contributed by atoms with Gasteiger partial charge in [0, 0.05) is 43.3 Å². The lowest BCUT2D eigenvalue weighted by Gasteiger charge is -2.36. The van der Waals surface area contributed by atoms with Crippen LogP contribution in [-0.4, -0.2) is 67.5 Å². The normalized spacial score (nSPS) is 15.5. The first kappa shape index (κ1) is 28.8. The Morgan fingerprint density at radius 2 is 1.68 bits per heavy atom. The summed E-state index contributed by atoms with van der Waals surface area (Å²) < 4.78 is 39.3. The van der Waals surface area contributed by atoms with Crippen molar-refractivity contribution in [3.8, 4) is 11.5 Å². The monoisotopic (exact) mass is 575 g/mol. The Balaban J connectivity index is 1.29. The number of sulfonamides is 1. The summed E-state index contributed by atoms with van der Waals surface area (Å²) in [4.78, 5) is 12.3. The SMILES string of the molecule is CCCCOc1ccc(S(=O)(=O)N2CCN([C@@H](C)c3nc(Nc4cccc(OC)c4)c4ccccc4n3)CC2)cc1. The quantitative estimate of drug-likeness (QED) is 0.230. The molecule has 3 aromatic carbocycles.